The van der Waals surface area contributed by atoms with Crippen molar-refractivity contribution in [3.05, 3.63) is 194 Å². The fourth-order valence-corrected chi connectivity index (χ4v) is 8.74. The average Bonchev–Trinajstić information content (AvgIpc) is 3.22. The first kappa shape index (κ1) is 29.0. The summed E-state index contributed by atoms with van der Waals surface area (Å²) < 4.78 is 0. The Bertz CT molecular complexity index is 3220. The van der Waals surface area contributed by atoms with Gasteiger partial charge in [-0.2, -0.15) is 0 Å². The van der Waals surface area contributed by atoms with Gasteiger partial charge in [0.05, 0.1) is 0 Å². The van der Waals surface area contributed by atoms with E-state index < -0.39 is 0 Å². The lowest BCUT2D eigenvalue weighted by molar-refractivity contribution is 1.64. The first-order valence-electron chi connectivity index (χ1n) is 18.1. The maximum absolute atomic E-state index is 2.43. The van der Waals surface area contributed by atoms with Gasteiger partial charge in [-0.25, -0.2) is 0 Å². The highest BCUT2D eigenvalue weighted by molar-refractivity contribution is 6.32. The average molecular weight is 657 g/mol. The van der Waals surface area contributed by atoms with Crippen LogP contribution in [0.4, 0.5) is 0 Å². The summed E-state index contributed by atoms with van der Waals surface area (Å²) in [4.78, 5) is 0. The number of benzene rings is 11. The summed E-state index contributed by atoms with van der Waals surface area (Å²) in [5.41, 5.74) is 7.53. The lowest BCUT2D eigenvalue weighted by atomic mass is 9.81. The Hall–Kier alpha value is -6.76. The maximum atomic E-state index is 2.43. The van der Waals surface area contributed by atoms with E-state index in [1.54, 1.807) is 0 Å². The van der Waals surface area contributed by atoms with Crippen molar-refractivity contribution in [3.63, 3.8) is 0 Å². The standard InChI is InChI=1S/C52H32/c1-2-10-33(11-3-1)38-21-22-40-31-41(25-23-39(40)30-38)49-46-28-26-36-14-6-9-17-45(36)52(46)50(47-29-27-35-13-5-8-16-44(35)51(47)49)42-24-20-37-19-18-34-12-4-7-15-43(34)48(37)32-42/h1-32H. The minimum Gasteiger partial charge on any atom is -0.0622 e. The van der Waals surface area contributed by atoms with Crippen LogP contribution in [-0.4, -0.2) is 0 Å². The zero-order valence-electron chi connectivity index (χ0n) is 28.5. The van der Waals surface area contributed by atoms with Crippen molar-refractivity contribution in [2.75, 3.05) is 0 Å². The molecule has 0 N–H and O–H groups in total. The summed E-state index contributed by atoms with van der Waals surface area (Å²) in [6.07, 6.45) is 0. The Balaban J connectivity index is 1.28. The molecule has 0 aliphatic heterocycles. The molecule has 0 aliphatic rings. The van der Waals surface area contributed by atoms with Crippen molar-refractivity contribution in [1.29, 1.82) is 0 Å². The van der Waals surface area contributed by atoms with Gasteiger partial charge in [0.15, 0.2) is 0 Å². The Labute approximate surface area is 301 Å². The molecule has 0 saturated heterocycles. The second-order valence-electron chi connectivity index (χ2n) is 14.0. The van der Waals surface area contributed by atoms with Gasteiger partial charge in [-0.1, -0.05) is 176 Å². The van der Waals surface area contributed by atoms with E-state index in [9.17, 15) is 0 Å². The molecule has 0 bridgehead atoms. The third-order valence-corrected chi connectivity index (χ3v) is 11.2. The van der Waals surface area contributed by atoms with Gasteiger partial charge >= 0.3 is 0 Å². The van der Waals surface area contributed by atoms with Crippen LogP contribution in [0.5, 0.6) is 0 Å². The second-order valence-corrected chi connectivity index (χ2v) is 14.0. The summed E-state index contributed by atoms with van der Waals surface area (Å²) in [5.74, 6) is 0. The molecule has 0 aromatic heterocycles. The zero-order chi connectivity index (χ0) is 34.2. The van der Waals surface area contributed by atoms with Crippen LogP contribution < -0.4 is 0 Å². The fraction of sp³-hybridized carbons (Fsp3) is 0. The molecule has 0 spiro atoms. The van der Waals surface area contributed by atoms with Crippen LogP contribution in [0.2, 0.25) is 0 Å². The molecule has 0 atom stereocenters. The predicted molar refractivity (Wildman–Crippen MR) is 225 cm³/mol. The fourth-order valence-electron chi connectivity index (χ4n) is 8.74. The van der Waals surface area contributed by atoms with Crippen molar-refractivity contribution in [3.8, 4) is 33.4 Å². The maximum Gasteiger partial charge on any atom is -0.00141 e. The van der Waals surface area contributed by atoms with E-state index >= 15 is 0 Å². The smallest absolute Gasteiger partial charge is 0.00141 e. The summed E-state index contributed by atoms with van der Waals surface area (Å²) in [5, 5.41) is 17.8. The van der Waals surface area contributed by atoms with Crippen molar-refractivity contribution >= 4 is 75.4 Å². The highest BCUT2D eigenvalue weighted by Crippen LogP contribution is 2.49. The van der Waals surface area contributed by atoms with E-state index in [0.29, 0.717) is 0 Å². The number of hydrogen-bond acceptors (Lipinski definition) is 0. The molecule has 240 valence electrons. The second kappa shape index (κ2) is 11.4. The first-order chi connectivity index (χ1) is 25.8. The molecule has 0 unspecified atom stereocenters. The summed E-state index contributed by atoms with van der Waals surface area (Å²) in [7, 11) is 0. The SMILES string of the molecule is c1ccc(-c2ccc3cc(-c4c5ccc6ccccc6c5c(-c5ccc6ccc7ccccc7c6c5)c5ccc6ccccc6c45)ccc3c2)cc1. The van der Waals surface area contributed by atoms with Crippen LogP contribution in [0.3, 0.4) is 0 Å². The lowest BCUT2D eigenvalue weighted by Crippen LogP contribution is -1.93. The highest BCUT2D eigenvalue weighted by atomic mass is 14.2. The zero-order valence-corrected chi connectivity index (χ0v) is 28.5. The number of fused-ring (bicyclic) bond motifs is 10. The Morgan fingerprint density at radius 3 is 1.21 bits per heavy atom. The van der Waals surface area contributed by atoms with Crippen LogP contribution >= 0.6 is 0 Å². The normalized spacial score (nSPS) is 11.8. The van der Waals surface area contributed by atoms with E-state index in [1.807, 2.05) is 0 Å². The third-order valence-electron chi connectivity index (χ3n) is 11.2. The van der Waals surface area contributed by atoms with E-state index in [-0.39, 0.29) is 0 Å². The highest BCUT2D eigenvalue weighted by Gasteiger charge is 2.21. The van der Waals surface area contributed by atoms with Gasteiger partial charge in [0.2, 0.25) is 0 Å². The van der Waals surface area contributed by atoms with Gasteiger partial charge in [-0.05, 0) is 127 Å². The molecule has 11 rings (SSSR count). The van der Waals surface area contributed by atoms with E-state index in [2.05, 4.69) is 194 Å². The van der Waals surface area contributed by atoms with Gasteiger partial charge < -0.3 is 0 Å². The minimum absolute atomic E-state index is 1.23. The molecule has 0 fully saturated rings. The van der Waals surface area contributed by atoms with Crippen LogP contribution in [0.25, 0.3) is 109 Å². The van der Waals surface area contributed by atoms with Gasteiger partial charge in [0.25, 0.3) is 0 Å². The van der Waals surface area contributed by atoms with Crippen LogP contribution in [0, 0.1) is 0 Å². The van der Waals surface area contributed by atoms with Crippen molar-refractivity contribution in [2.45, 2.75) is 0 Å². The lowest BCUT2D eigenvalue weighted by Gasteiger charge is -2.21. The topological polar surface area (TPSA) is 0 Å². The quantitative estimate of drug-likeness (QED) is 0.131. The van der Waals surface area contributed by atoms with E-state index in [1.165, 1.54) is 109 Å². The molecule has 0 amide bonds. The van der Waals surface area contributed by atoms with Crippen molar-refractivity contribution < 1.29 is 0 Å². The van der Waals surface area contributed by atoms with Crippen LogP contribution in [0.15, 0.2) is 194 Å². The molecule has 0 heterocycles. The van der Waals surface area contributed by atoms with Crippen LogP contribution in [-0.2, 0) is 0 Å². The molecular weight excluding hydrogens is 625 g/mol. The Kier molecular flexibility index (Phi) is 6.35. The molecule has 0 radical (unpaired) electrons. The molecule has 0 aliphatic carbocycles. The van der Waals surface area contributed by atoms with Gasteiger partial charge in [0.1, 0.15) is 0 Å². The molecule has 11 aromatic carbocycles. The number of hydrogen-bond donors (Lipinski definition) is 0. The molecule has 0 heteroatoms. The first-order valence-corrected chi connectivity index (χ1v) is 18.1. The number of rotatable bonds is 3. The van der Waals surface area contributed by atoms with E-state index in [4.69, 9.17) is 0 Å². The third kappa shape index (κ3) is 4.41. The van der Waals surface area contributed by atoms with E-state index in [0.717, 1.165) is 0 Å². The van der Waals surface area contributed by atoms with Gasteiger partial charge in [-0.3, -0.25) is 0 Å². The summed E-state index contributed by atoms with van der Waals surface area (Å²) in [6, 6.07) is 72.0. The molecule has 11 aromatic rings. The molecule has 0 saturated carbocycles. The summed E-state index contributed by atoms with van der Waals surface area (Å²) >= 11 is 0. The largest absolute Gasteiger partial charge is 0.0622 e. The van der Waals surface area contributed by atoms with Crippen molar-refractivity contribution in [1.82, 2.24) is 0 Å². The molecular formula is C52H32. The minimum atomic E-state index is 1.23. The predicted octanol–water partition coefficient (Wildman–Crippen LogP) is 14.8. The summed E-state index contributed by atoms with van der Waals surface area (Å²) in [6.45, 7) is 0. The monoisotopic (exact) mass is 656 g/mol. The van der Waals surface area contributed by atoms with Crippen molar-refractivity contribution in [2.24, 2.45) is 0 Å². The molecule has 52 heavy (non-hydrogen) atoms. The Morgan fingerprint density at radius 1 is 0.192 bits per heavy atom. The molecule has 0 nitrogen and oxygen atoms in total. The van der Waals surface area contributed by atoms with Crippen LogP contribution in [0.1, 0.15) is 0 Å². The van der Waals surface area contributed by atoms with Gasteiger partial charge in [-0.15, -0.1) is 0 Å². The van der Waals surface area contributed by atoms with Gasteiger partial charge in [0, 0.05) is 0 Å². The Morgan fingerprint density at radius 2 is 0.596 bits per heavy atom.